The Bertz CT molecular complexity index is 857. The van der Waals surface area contributed by atoms with Crippen molar-refractivity contribution in [1.29, 1.82) is 0 Å². The molecule has 1 saturated heterocycles. The zero-order chi connectivity index (χ0) is 16.0. The van der Waals surface area contributed by atoms with Crippen LogP contribution in [0.4, 0.5) is 16.0 Å². The van der Waals surface area contributed by atoms with E-state index in [4.69, 9.17) is 0 Å². The highest BCUT2D eigenvalue weighted by Gasteiger charge is 2.33. The standard InChI is InChI=1S/C14H15FN8/c1-9-18-19-12-3-4-13(20-23(9)12)22-6-10(7-22)21(2)14-11(15)5-16-8-17-14/h3-5,8,10H,6-7H2,1-2H3. The maximum Gasteiger partial charge on any atom is 0.183 e. The fourth-order valence-electron chi connectivity index (χ4n) is 2.68. The first-order chi connectivity index (χ1) is 11.1. The second-order valence-corrected chi connectivity index (χ2v) is 5.57. The molecule has 9 heteroatoms. The zero-order valence-corrected chi connectivity index (χ0v) is 12.8. The number of nitrogens with zero attached hydrogens (tertiary/aromatic N) is 8. The van der Waals surface area contributed by atoms with Gasteiger partial charge in [0, 0.05) is 20.1 Å². The van der Waals surface area contributed by atoms with Gasteiger partial charge in [-0.1, -0.05) is 0 Å². The van der Waals surface area contributed by atoms with Crippen molar-refractivity contribution < 1.29 is 4.39 Å². The lowest BCUT2D eigenvalue weighted by atomic mass is 10.1. The number of aryl methyl sites for hydroxylation is 1. The fourth-order valence-corrected chi connectivity index (χ4v) is 2.68. The van der Waals surface area contributed by atoms with E-state index >= 15 is 0 Å². The number of aromatic nitrogens is 6. The van der Waals surface area contributed by atoms with E-state index < -0.39 is 5.82 Å². The van der Waals surface area contributed by atoms with Crippen LogP contribution in [0.3, 0.4) is 0 Å². The van der Waals surface area contributed by atoms with Gasteiger partial charge in [-0.15, -0.1) is 15.3 Å². The first-order valence-corrected chi connectivity index (χ1v) is 7.26. The van der Waals surface area contributed by atoms with Crippen molar-refractivity contribution in [3.8, 4) is 0 Å². The van der Waals surface area contributed by atoms with Gasteiger partial charge in [-0.25, -0.2) is 14.4 Å². The van der Waals surface area contributed by atoms with Crippen LogP contribution in [0.25, 0.3) is 5.65 Å². The summed E-state index contributed by atoms with van der Waals surface area (Å²) in [5.74, 6) is 1.52. The van der Waals surface area contributed by atoms with E-state index in [0.29, 0.717) is 5.82 Å². The van der Waals surface area contributed by atoms with Crippen LogP contribution in [0.15, 0.2) is 24.7 Å². The predicted molar refractivity (Wildman–Crippen MR) is 81.9 cm³/mol. The molecule has 3 aromatic rings. The van der Waals surface area contributed by atoms with E-state index in [-0.39, 0.29) is 6.04 Å². The summed E-state index contributed by atoms with van der Waals surface area (Å²) in [5, 5.41) is 12.6. The van der Waals surface area contributed by atoms with E-state index in [1.165, 1.54) is 12.5 Å². The van der Waals surface area contributed by atoms with Crippen LogP contribution in [0.1, 0.15) is 5.82 Å². The number of rotatable bonds is 3. The Balaban J connectivity index is 1.50. The van der Waals surface area contributed by atoms with Crippen molar-refractivity contribution in [1.82, 2.24) is 29.8 Å². The lowest BCUT2D eigenvalue weighted by Crippen LogP contribution is -2.59. The first kappa shape index (κ1) is 13.8. The monoisotopic (exact) mass is 314 g/mol. The van der Waals surface area contributed by atoms with Gasteiger partial charge >= 0.3 is 0 Å². The van der Waals surface area contributed by atoms with E-state index in [2.05, 4.69) is 30.2 Å². The van der Waals surface area contributed by atoms with Gasteiger partial charge < -0.3 is 9.80 Å². The maximum absolute atomic E-state index is 13.8. The summed E-state index contributed by atoms with van der Waals surface area (Å²) in [6.45, 7) is 3.36. The van der Waals surface area contributed by atoms with Gasteiger partial charge in [-0.2, -0.15) is 4.52 Å². The van der Waals surface area contributed by atoms with Crippen molar-refractivity contribution in [3.05, 3.63) is 36.3 Å². The maximum atomic E-state index is 13.8. The lowest BCUT2D eigenvalue weighted by molar-refractivity contribution is 0.478. The van der Waals surface area contributed by atoms with Gasteiger partial charge in [0.05, 0.1) is 12.2 Å². The summed E-state index contributed by atoms with van der Waals surface area (Å²) in [7, 11) is 1.84. The first-order valence-electron chi connectivity index (χ1n) is 7.26. The minimum atomic E-state index is -0.409. The molecule has 8 nitrogen and oxygen atoms in total. The second-order valence-electron chi connectivity index (χ2n) is 5.57. The Hall–Kier alpha value is -2.84. The third kappa shape index (κ3) is 2.24. The molecular weight excluding hydrogens is 299 g/mol. The van der Waals surface area contributed by atoms with Crippen molar-refractivity contribution in [3.63, 3.8) is 0 Å². The van der Waals surface area contributed by atoms with Crippen LogP contribution in [0.2, 0.25) is 0 Å². The zero-order valence-electron chi connectivity index (χ0n) is 12.8. The van der Waals surface area contributed by atoms with Crippen molar-refractivity contribution in [2.24, 2.45) is 0 Å². The highest BCUT2D eigenvalue weighted by molar-refractivity contribution is 5.50. The number of likely N-dealkylation sites (N-methyl/N-ethyl adjacent to an activating group) is 1. The highest BCUT2D eigenvalue weighted by atomic mass is 19.1. The van der Waals surface area contributed by atoms with Crippen LogP contribution in [0.5, 0.6) is 0 Å². The number of halogens is 1. The fraction of sp³-hybridized carbons (Fsp3) is 0.357. The Labute approximate surface area is 131 Å². The molecule has 118 valence electrons. The summed E-state index contributed by atoms with van der Waals surface area (Å²) in [6.07, 6.45) is 2.54. The largest absolute Gasteiger partial charge is 0.351 e. The predicted octanol–water partition coefficient (Wildman–Crippen LogP) is 0.687. The topological polar surface area (TPSA) is 75.3 Å². The Morgan fingerprint density at radius 2 is 2.09 bits per heavy atom. The molecule has 0 amide bonds. The molecule has 1 fully saturated rings. The molecule has 1 aliphatic rings. The summed E-state index contributed by atoms with van der Waals surface area (Å²) in [6, 6.07) is 3.99. The Kier molecular flexibility index (Phi) is 3.07. The molecule has 0 bridgehead atoms. The number of hydrogen-bond acceptors (Lipinski definition) is 7. The van der Waals surface area contributed by atoms with Crippen molar-refractivity contribution in [2.75, 3.05) is 29.9 Å². The van der Waals surface area contributed by atoms with Crippen LogP contribution in [0, 0.1) is 12.7 Å². The molecule has 0 radical (unpaired) electrons. The number of hydrogen-bond donors (Lipinski definition) is 0. The smallest absolute Gasteiger partial charge is 0.183 e. The molecule has 4 rings (SSSR count). The van der Waals surface area contributed by atoms with Gasteiger partial charge in [0.15, 0.2) is 23.1 Å². The van der Waals surface area contributed by atoms with Crippen LogP contribution in [-0.4, -0.2) is 56.0 Å². The molecule has 0 spiro atoms. The molecule has 0 aromatic carbocycles. The molecule has 0 N–H and O–H groups in total. The van der Waals surface area contributed by atoms with Gasteiger partial charge in [-0.05, 0) is 19.1 Å². The average Bonchev–Trinajstić information content (AvgIpc) is 2.87. The van der Waals surface area contributed by atoms with Crippen LogP contribution in [-0.2, 0) is 0 Å². The van der Waals surface area contributed by atoms with Crippen molar-refractivity contribution in [2.45, 2.75) is 13.0 Å². The van der Waals surface area contributed by atoms with Crippen molar-refractivity contribution >= 4 is 17.3 Å². The summed E-state index contributed by atoms with van der Waals surface area (Å²) in [4.78, 5) is 11.7. The van der Waals surface area contributed by atoms with Crippen LogP contribution >= 0.6 is 0 Å². The molecular formula is C14H15FN8. The lowest BCUT2D eigenvalue weighted by Gasteiger charge is -2.44. The van der Waals surface area contributed by atoms with E-state index in [1.54, 1.807) is 4.52 Å². The Morgan fingerprint density at radius 3 is 2.87 bits per heavy atom. The normalized spacial score (nSPS) is 15.0. The summed E-state index contributed by atoms with van der Waals surface area (Å²) < 4.78 is 15.5. The summed E-state index contributed by atoms with van der Waals surface area (Å²) in [5.41, 5.74) is 0.725. The molecule has 0 aliphatic carbocycles. The van der Waals surface area contributed by atoms with Crippen LogP contribution < -0.4 is 9.80 Å². The van der Waals surface area contributed by atoms with Gasteiger partial charge in [-0.3, -0.25) is 0 Å². The van der Waals surface area contributed by atoms with Gasteiger partial charge in [0.2, 0.25) is 0 Å². The third-order valence-electron chi connectivity index (χ3n) is 4.12. The average molecular weight is 314 g/mol. The third-order valence-corrected chi connectivity index (χ3v) is 4.12. The molecule has 0 unspecified atom stereocenters. The minimum absolute atomic E-state index is 0.180. The summed E-state index contributed by atoms with van der Waals surface area (Å²) >= 11 is 0. The second kappa shape index (κ2) is 5.11. The number of anilines is 2. The quantitative estimate of drug-likeness (QED) is 0.704. The molecule has 0 saturated carbocycles. The van der Waals surface area contributed by atoms with E-state index in [0.717, 1.165) is 30.4 Å². The van der Waals surface area contributed by atoms with E-state index in [9.17, 15) is 4.39 Å². The minimum Gasteiger partial charge on any atom is -0.351 e. The SMILES string of the molecule is Cc1nnc2ccc(N3CC(N(C)c4ncncc4F)C3)nn12. The van der Waals surface area contributed by atoms with E-state index in [1.807, 2.05) is 31.0 Å². The number of fused-ring (bicyclic) bond motifs is 1. The Morgan fingerprint density at radius 1 is 1.26 bits per heavy atom. The molecule has 0 atom stereocenters. The molecule has 3 aromatic heterocycles. The van der Waals surface area contributed by atoms with Gasteiger partial charge in [0.1, 0.15) is 12.1 Å². The molecule has 4 heterocycles. The van der Waals surface area contributed by atoms with Gasteiger partial charge in [0.25, 0.3) is 0 Å². The molecule has 1 aliphatic heterocycles. The highest BCUT2D eigenvalue weighted by Crippen LogP contribution is 2.25. The molecule has 23 heavy (non-hydrogen) atoms.